The minimum Gasteiger partial charge on any atom is -0.494 e. The van der Waals surface area contributed by atoms with Gasteiger partial charge in [0.25, 0.3) is 5.91 Å². The van der Waals surface area contributed by atoms with Crippen LogP contribution in [0.5, 0.6) is 5.75 Å². The Morgan fingerprint density at radius 3 is 2.60 bits per heavy atom. The minimum absolute atomic E-state index is 0.0492. The second-order valence-corrected chi connectivity index (χ2v) is 11.2. The van der Waals surface area contributed by atoms with Crippen LogP contribution < -0.4 is 15.6 Å². The summed E-state index contributed by atoms with van der Waals surface area (Å²) in [5.41, 5.74) is 16.2. The van der Waals surface area contributed by atoms with E-state index in [1.54, 1.807) is 30.3 Å². The fraction of sp³-hybridized carbons (Fsp3) is 0.355. The number of carbonyl (C=O) groups excluding carboxylic acids is 1. The van der Waals surface area contributed by atoms with Gasteiger partial charge in [0.15, 0.2) is 11.6 Å². The number of carbonyl (C=O) groups is 1. The summed E-state index contributed by atoms with van der Waals surface area (Å²) < 4.78 is 13.1. The molecule has 1 amide bonds. The molecule has 226 valence electrons. The van der Waals surface area contributed by atoms with Gasteiger partial charge in [-0.25, -0.2) is 10.4 Å². The molecule has 2 atom stereocenters. The van der Waals surface area contributed by atoms with E-state index in [0.29, 0.717) is 42.1 Å². The van der Waals surface area contributed by atoms with Crippen molar-refractivity contribution >= 4 is 33.4 Å². The number of azide groups is 1. The highest BCUT2D eigenvalue weighted by Crippen LogP contribution is 2.46. The fourth-order valence-electron chi connectivity index (χ4n) is 4.77. The van der Waals surface area contributed by atoms with Crippen LogP contribution in [0.2, 0.25) is 0 Å². The maximum atomic E-state index is 14.3. The molecule has 0 aliphatic carbocycles. The number of nitrogens with one attached hydrogen (secondary N) is 2. The third-order valence-corrected chi connectivity index (χ3v) is 7.70. The van der Waals surface area contributed by atoms with Gasteiger partial charge in [0.05, 0.1) is 6.61 Å². The monoisotopic (exact) mass is 649 g/mol. The molecular weight excluding hydrogens is 614 g/mol. The van der Waals surface area contributed by atoms with E-state index >= 15 is 0 Å². The lowest BCUT2D eigenvalue weighted by atomic mass is 9.81. The van der Waals surface area contributed by atoms with Gasteiger partial charge in [0, 0.05) is 52.2 Å². The first-order valence-corrected chi connectivity index (χ1v) is 14.8. The van der Waals surface area contributed by atoms with Crippen LogP contribution in [0.1, 0.15) is 35.6 Å². The van der Waals surface area contributed by atoms with E-state index in [1.807, 2.05) is 56.6 Å². The second-order valence-electron chi connectivity index (χ2n) is 10.3. The maximum Gasteiger partial charge on any atom is 0.266 e. The Hall–Kier alpha value is -3.93. The Kier molecular flexibility index (Phi) is 11.5. The lowest BCUT2D eigenvalue weighted by Crippen LogP contribution is -2.54. The van der Waals surface area contributed by atoms with Crippen molar-refractivity contribution in [2.45, 2.75) is 30.9 Å². The highest BCUT2D eigenvalue weighted by Gasteiger charge is 2.54. The predicted molar refractivity (Wildman–Crippen MR) is 169 cm³/mol. The van der Waals surface area contributed by atoms with Crippen molar-refractivity contribution < 1.29 is 19.4 Å². The molecule has 12 heteroatoms. The van der Waals surface area contributed by atoms with Gasteiger partial charge >= 0.3 is 0 Å². The van der Waals surface area contributed by atoms with E-state index in [-0.39, 0.29) is 24.8 Å². The molecule has 0 aromatic heterocycles. The van der Waals surface area contributed by atoms with Gasteiger partial charge in [0.1, 0.15) is 5.75 Å². The normalized spacial score (nSPS) is 17.6. The summed E-state index contributed by atoms with van der Waals surface area (Å²) in [6.45, 7) is 1.86. The van der Waals surface area contributed by atoms with E-state index < -0.39 is 11.6 Å². The summed E-state index contributed by atoms with van der Waals surface area (Å²) in [6.07, 6.45) is 0.631. The highest BCUT2D eigenvalue weighted by atomic mass is 79.9. The number of nitrogens with zero attached hydrogens (tertiary/aromatic N) is 5. The molecule has 4 rings (SSSR count). The number of halogens is 1. The van der Waals surface area contributed by atoms with Crippen LogP contribution in [0.25, 0.3) is 10.4 Å². The molecule has 0 saturated heterocycles. The van der Waals surface area contributed by atoms with Crippen LogP contribution in [0.3, 0.4) is 0 Å². The van der Waals surface area contributed by atoms with Crippen molar-refractivity contribution in [3.63, 3.8) is 0 Å². The number of rotatable bonds is 15. The summed E-state index contributed by atoms with van der Waals surface area (Å²) >= 11 is 3.64. The average Bonchev–Trinajstić information content (AvgIpc) is 3.39. The van der Waals surface area contributed by atoms with E-state index in [1.165, 1.54) is 0 Å². The van der Waals surface area contributed by atoms with Crippen LogP contribution in [-0.4, -0.2) is 67.7 Å². The molecular formula is C31H36BrN7O4. The van der Waals surface area contributed by atoms with Crippen molar-refractivity contribution in [2.24, 2.45) is 10.1 Å². The Morgan fingerprint density at radius 1 is 1.14 bits per heavy atom. The first-order valence-electron chi connectivity index (χ1n) is 14.0. The number of aliphatic hydroxyl groups excluding tert-OH is 1. The number of ether oxygens (including phenoxy) is 2. The zero-order chi connectivity index (χ0) is 30.7. The highest BCUT2D eigenvalue weighted by molar-refractivity contribution is 9.10. The molecule has 0 bridgehead atoms. The summed E-state index contributed by atoms with van der Waals surface area (Å²) in [5.74, 6) is 0.533. The molecule has 0 unspecified atom stereocenters. The predicted octanol–water partition coefficient (Wildman–Crippen LogP) is 5.22. The number of hydrogen-bond donors (Lipinski definition) is 3. The van der Waals surface area contributed by atoms with Gasteiger partial charge in [-0.05, 0) is 68.5 Å². The van der Waals surface area contributed by atoms with Gasteiger partial charge < -0.3 is 19.5 Å². The number of hydrogen-bond acceptors (Lipinski definition) is 8. The van der Waals surface area contributed by atoms with Crippen LogP contribution >= 0.6 is 15.9 Å². The van der Waals surface area contributed by atoms with Crippen molar-refractivity contribution in [1.29, 1.82) is 0 Å². The summed E-state index contributed by atoms with van der Waals surface area (Å²) in [7, 11) is 3.99. The number of amides is 1. The van der Waals surface area contributed by atoms with E-state index in [4.69, 9.17) is 19.6 Å². The van der Waals surface area contributed by atoms with Crippen LogP contribution in [0.15, 0.2) is 87.4 Å². The molecule has 1 heterocycles. The van der Waals surface area contributed by atoms with E-state index in [9.17, 15) is 10.3 Å². The molecule has 1 aliphatic rings. The van der Waals surface area contributed by atoms with Crippen LogP contribution in [-0.2, 0) is 16.0 Å². The third-order valence-electron chi connectivity index (χ3n) is 6.93. The maximum absolute atomic E-state index is 14.3. The van der Waals surface area contributed by atoms with Crippen molar-refractivity contribution in [3.8, 4) is 5.75 Å². The first-order chi connectivity index (χ1) is 20.9. The number of aliphatic imine (C=N–C) groups is 1. The minimum atomic E-state index is -1.47. The molecule has 0 saturated carbocycles. The summed E-state index contributed by atoms with van der Waals surface area (Å²) in [6, 6.07) is 21.9. The first kappa shape index (κ1) is 32.0. The molecule has 3 N–H and O–H groups in total. The van der Waals surface area contributed by atoms with Gasteiger partial charge in [-0.2, -0.15) is 0 Å². The number of aliphatic hydroxyl groups is 1. The van der Waals surface area contributed by atoms with E-state index in [2.05, 4.69) is 41.7 Å². The molecule has 1 aliphatic heterocycles. The quantitative estimate of drug-likeness (QED) is 0.0676. The largest absolute Gasteiger partial charge is 0.494 e. The standard InChI is InChI=1S/C31H36BrN7O4/c1-39(2)18-7-17-34-37-30(41)31(21-23-9-3-5-11-26(23)32)28(25-10-4-6-12-27(25)36-38-33)43-29(35-31)22-13-15-24(16-14-22)42-20-8-19-40/h3-6,9-16,28,34,40H,7-8,17-21H2,1-2H3,(H,37,41)/t28-,31-/m0/s1. The Labute approximate surface area is 259 Å². The van der Waals surface area contributed by atoms with Gasteiger partial charge in [-0.1, -0.05) is 63.5 Å². The van der Waals surface area contributed by atoms with Gasteiger partial charge in [-0.15, -0.1) is 0 Å². The van der Waals surface area contributed by atoms with Gasteiger partial charge in [0.2, 0.25) is 5.90 Å². The van der Waals surface area contributed by atoms with Crippen LogP contribution in [0, 0.1) is 0 Å². The Balaban J connectivity index is 1.78. The SMILES string of the molecule is CN(C)CCCNNC(=O)[C@@]1(Cc2ccccc2Br)N=C(c2ccc(OCCCO)cc2)O[C@H]1c1ccccc1N=[N+]=[N-]. The second kappa shape index (κ2) is 15.5. The molecule has 0 fully saturated rings. The van der Waals surface area contributed by atoms with Crippen LogP contribution in [0.4, 0.5) is 5.69 Å². The molecule has 3 aromatic carbocycles. The topological polar surface area (TPSA) is 144 Å². The number of hydrazine groups is 1. The fourth-order valence-corrected chi connectivity index (χ4v) is 5.20. The Morgan fingerprint density at radius 2 is 1.88 bits per heavy atom. The third kappa shape index (κ3) is 8.13. The molecule has 43 heavy (non-hydrogen) atoms. The smallest absolute Gasteiger partial charge is 0.266 e. The lowest BCUT2D eigenvalue weighted by Gasteiger charge is -2.31. The Bertz CT molecular complexity index is 1460. The van der Waals surface area contributed by atoms with E-state index in [0.717, 1.165) is 23.0 Å². The molecule has 0 spiro atoms. The molecule has 3 aromatic rings. The van der Waals surface area contributed by atoms with Crippen molar-refractivity contribution in [1.82, 2.24) is 15.8 Å². The zero-order valence-corrected chi connectivity index (χ0v) is 25.8. The zero-order valence-electron chi connectivity index (χ0n) is 24.2. The molecule has 0 radical (unpaired) electrons. The number of benzene rings is 3. The lowest BCUT2D eigenvalue weighted by molar-refractivity contribution is -0.130. The summed E-state index contributed by atoms with van der Waals surface area (Å²) in [4.78, 5) is 24.4. The molecule has 11 nitrogen and oxygen atoms in total. The average molecular weight is 651 g/mol. The van der Waals surface area contributed by atoms with Crippen molar-refractivity contribution in [2.75, 3.05) is 40.4 Å². The van der Waals surface area contributed by atoms with Gasteiger partial charge in [-0.3, -0.25) is 10.2 Å². The summed E-state index contributed by atoms with van der Waals surface area (Å²) in [5, 5.41) is 12.9. The van der Waals surface area contributed by atoms with Crippen molar-refractivity contribution in [3.05, 3.63) is 104 Å².